The van der Waals surface area contributed by atoms with E-state index < -0.39 is 5.82 Å². The van der Waals surface area contributed by atoms with Gasteiger partial charge in [0.1, 0.15) is 11.9 Å². The van der Waals surface area contributed by atoms with Crippen molar-refractivity contribution in [1.82, 2.24) is 0 Å². The number of benzene rings is 1. The molecule has 18 heavy (non-hydrogen) atoms. The van der Waals surface area contributed by atoms with Crippen LogP contribution in [0.25, 0.3) is 0 Å². The molecule has 3 heteroatoms. The number of anilines is 1. The Morgan fingerprint density at radius 1 is 1.33 bits per heavy atom. The van der Waals surface area contributed by atoms with E-state index in [0.717, 1.165) is 5.69 Å². The van der Waals surface area contributed by atoms with E-state index in [0.29, 0.717) is 12.0 Å². The van der Waals surface area contributed by atoms with Crippen LogP contribution in [-0.2, 0) is 0 Å². The summed E-state index contributed by atoms with van der Waals surface area (Å²) in [6.45, 7) is 2.16. The van der Waals surface area contributed by atoms with Crippen LogP contribution in [0, 0.1) is 23.1 Å². The molecule has 1 aliphatic carbocycles. The van der Waals surface area contributed by atoms with E-state index in [1.807, 2.05) is 6.07 Å². The first-order valence-corrected chi connectivity index (χ1v) is 6.67. The summed E-state index contributed by atoms with van der Waals surface area (Å²) in [6.07, 6.45) is 6.46. The lowest BCUT2D eigenvalue weighted by molar-refractivity contribution is 0.328. The van der Waals surface area contributed by atoms with Gasteiger partial charge in [0.25, 0.3) is 0 Å². The zero-order chi connectivity index (χ0) is 13.0. The fraction of sp³-hybridized carbons (Fsp3) is 0.533. The molecule has 1 fully saturated rings. The number of nitriles is 1. The van der Waals surface area contributed by atoms with Crippen molar-refractivity contribution in [3.63, 3.8) is 0 Å². The monoisotopic (exact) mass is 246 g/mol. The Kier molecular flexibility index (Phi) is 4.19. The second-order valence-electron chi connectivity index (χ2n) is 5.14. The van der Waals surface area contributed by atoms with Crippen LogP contribution >= 0.6 is 0 Å². The predicted octanol–water partition coefficient (Wildman–Crippen LogP) is 4.08. The predicted molar refractivity (Wildman–Crippen MR) is 70.8 cm³/mol. The van der Waals surface area contributed by atoms with Crippen molar-refractivity contribution < 1.29 is 4.39 Å². The lowest BCUT2D eigenvalue weighted by Gasteiger charge is -2.29. The smallest absolute Gasteiger partial charge is 0.143 e. The van der Waals surface area contributed by atoms with Gasteiger partial charge in [-0.3, -0.25) is 0 Å². The third-order valence-corrected chi connectivity index (χ3v) is 3.84. The third-order valence-electron chi connectivity index (χ3n) is 3.84. The van der Waals surface area contributed by atoms with Crippen molar-refractivity contribution in [2.75, 3.05) is 5.32 Å². The molecule has 0 aliphatic heterocycles. The topological polar surface area (TPSA) is 35.8 Å². The van der Waals surface area contributed by atoms with Crippen LogP contribution in [0.5, 0.6) is 0 Å². The van der Waals surface area contributed by atoms with Gasteiger partial charge in [0.15, 0.2) is 0 Å². The van der Waals surface area contributed by atoms with Gasteiger partial charge < -0.3 is 5.32 Å². The largest absolute Gasteiger partial charge is 0.382 e. The van der Waals surface area contributed by atoms with Gasteiger partial charge >= 0.3 is 0 Å². The molecule has 1 unspecified atom stereocenters. The fourth-order valence-corrected chi connectivity index (χ4v) is 2.71. The summed E-state index contributed by atoms with van der Waals surface area (Å²) in [5.41, 5.74) is 0.871. The molecule has 1 saturated carbocycles. The van der Waals surface area contributed by atoms with Crippen LogP contribution < -0.4 is 5.32 Å². The van der Waals surface area contributed by atoms with E-state index in [1.54, 1.807) is 6.07 Å². The number of hydrogen-bond acceptors (Lipinski definition) is 2. The summed E-state index contributed by atoms with van der Waals surface area (Å²) >= 11 is 0. The first-order valence-electron chi connectivity index (χ1n) is 6.67. The number of hydrogen-bond donors (Lipinski definition) is 1. The van der Waals surface area contributed by atoms with E-state index in [4.69, 9.17) is 5.26 Å². The van der Waals surface area contributed by atoms with Gasteiger partial charge in [-0.15, -0.1) is 0 Å². The lowest BCUT2D eigenvalue weighted by atomic mass is 9.84. The van der Waals surface area contributed by atoms with E-state index in [-0.39, 0.29) is 5.56 Å². The highest BCUT2D eigenvalue weighted by molar-refractivity contribution is 5.48. The molecule has 1 aliphatic rings. The van der Waals surface area contributed by atoms with Gasteiger partial charge in [-0.1, -0.05) is 19.3 Å². The second-order valence-corrected chi connectivity index (χ2v) is 5.14. The van der Waals surface area contributed by atoms with Crippen molar-refractivity contribution in [1.29, 1.82) is 5.26 Å². The number of halogens is 1. The highest BCUT2D eigenvalue weighted by atomic mass is 19.1. The van der Waals surface area contributed by atoms with Crippen molar-refractivity contribution in [2.45, 2.75) is 45.1 Å². The molecule has 0 amide bonds. The maximum absolute atomic E-state index is 13.5. The third kappa shape index (κ3) is 3.01. The molecule has 2 nitrogen and oxygen atoms in total. The van der Waals surface area contributed by atoms with Gasteiger partial charge in [-0.25, -0.2) is 4.39 Å². The number of rotatable bonds is 3. The minimum atomic E-state index is -0.446. The molecule has 0 bridgehead atoms. The molecule has 2 rings (SSSR count). The van der Waals surface area contributed by atoms with E-state index >= 15 is 0 Å². The van der Waals surface area contributed by atoms with Crippen LogP contribution in [0.3, 0.4) is 0 Å². The minimum Gasteiger partial charge on any atom is -0.382 e. The maximum atomic E-state index is 13.5. The van der Waals surface area contributed by atoms with E-state index in [1.165, 1.54) is 44.2 Å². The Balaban J connectivity index is 2.00. The van der Waals surface area contributed by atoms with Gasteiger partial charge in [0.05, 0.1) is 5.56 Å². The molecule has 0 spiro atoms. The van der Waals surface area contributed by atoms with Gasteiger partial charge in [0.2, 0.25) is 0 Å². The summed E-state index contributed by atoms with van der Waals surface area (Å²) in [4.78, 5) is 0. The van der Waals surface area contributed by atoms with E-state index in [9.17, 15) is 4.39 Å². The Morgan fingerprint density at radius 3 is 2.67 bits per heavy atom. The van der Waals surface area contributed by atoms with Crippen molar-refractivity contribution in [3.8, 4) is 6.07 Å². The molecule has 1 aromatic carbocycles. The van der Waals surface area contributed by atoms with Crippen LogP contribution in [0.15, 0.2) is 18.2 Å². The normalized spacial score (nSPS) is 18.1. The minimum absolute atomic E-state index is 0.103. The van der Waals surface area contributed by atoms with Crippen LogP contribution in [0.2, 0.25) is 0 Å². The quantitative estimate of drug-likeness (QED) is 0.872. The molecule has 1 atom stereocenters. The van der Waals surface area contributed by atoms with Crippen LogP contribution in [-0.4, -0.2) is 6.04 Å². The Hall–Kier alpha value is -1.56. The van der Waals surface area contributed by atoms with Crippen molar-refractivity contribution in [3.05, 3.63) is 29.6 Å². The average Bonchev–Trinajstić information content (AvgIpc) is 2.40. The van der Waals surface area contributed by atoms with Gasteiger partial charge in [-0.05, 0) is 43.9 Å². The lowest BCUT2D eigenvalue weighted by Crippen LogP contribution is -2.27. The number of nitrogens with one attached hydrogen (secondary N) is 1. The summed E-state index contributed by atoms with van der Waals surface area (Å²) in [5, 5.41) is 12.0. The molecule has 0 saturated heterocycles. The summed E-state index contributed by atoms with van der Waals surface area (Å²) in [7, 11) is 0. The maximum Gasteiger partial charge on any atom is 0.143 e. The van der Waals surface area contributed by atoms with Gasteiger partial charge in [0, 0.05) is 11.7 Å². The summed E-state index contributed by atoms with van der Waals surface area (Å²) in [6, 6.07) is 6.92. The molecule has 0 heterocycles. The Labute approximate surface area is 108 Å². The second kappa shape index (κ2) is 5.86. The summed E-state index contributed by atoms with van der Waals surface area (Å²) in [5.74, 6) is 0.232. The SMILES string of the molecule is CC(Nc1ccc(C#N)c(F)c1)C1CCCCC1. The molecule has 0 radical (unpaired) electrons. The first kappa shape index (κ1) is 12.9. The molecular formula is C15H19FN2. The fourth-order valence-electron chi connectivity index (χ4n) is 2.71. The van der Waals surface area contributed by atoms with Crippen molar-refractivity contribution in [2.24, 2.45) is 5.92 Å². The summed E-state index contributed by atoms with van der Waals surface area (Å²) < 4.78 is 13.5. The molecule has 1 aromatic rings. The number of nitrogens with zero attached hydrogens (tertiary/aromatic N) is 1. The Morgan fingerprint density at radius 2 is 2.06 bits per heavy atom. The molecule has 1 N–H and O–H groups in total. The molecular weight excluding hydrogens is 227 g/mol. The van der Waals surface area contributed by atoms with Crippen LogP contribution in [0.1, 0.15) is 44.6 Å². The van der Waals surface area contributed by atoms with E-state index in [2.05, 4.69) is 12.2 Å². The molecule has 96 valence electrons. The Bertz CT molecular complexity index is 444. The zero-order valence-corrected chi connectivity index (χ0v) is 10.7. The zero-order valence-electron chi connectivity index (χ0n) is 10.7. The van der Waals surface area contributed by atoms with Gasteiger partial charge in [-0.2, -0.15) is 5.26 Å². The highest BCUT2D eigenvalue weighted by Gasteiger charge is 2.19. The molecule has 0 aromatic heterocycles. The standard InChI is InChI=1S/C15H19FN2/c1-11(12-5-3-2-4-6-12)18-14-8-7-13(10-17)15(16)9-14/h7-9,11-12,18H,2-6H2,1H3. The average molecular weight is 246 g/mol. The first-order chi connectivity index (χ1) is 8.70. The van der Waals surface area contributed by atoms with Crippen molar-refractivity contribution >= 4 is 5.69 Å². The van der Waals surface area contributed by atoms with Crippen LogP contribution in [0.4, 0.5) is 10.1 Å². The highest BCUT2D eigenvalue weighted by Crippen LogP contribution is 2.28.